The van der Waals surface area contributed by atoms with Crippen molar-refractivity contribution in [2.75, 3.05) is 12.4 Å². The van der Waals surface area contributed by atoms with E-state index in [2.05, 4.69) is 22.4 Å². The second-order valence-electron chi connectivity index (χ2n) is 4.36. The maximum absolute atomic E-state index is 12.5. The van der Waals surface area contributed by atoms with E-state index in [-0.39, 0.29) is 5.56 Å². The van der Waals surface area contributed by atoms with Crippen LogP contribution >= 0.6 is 11.3 Å². The Labute approximate surface area is 116 Å². The van der Waals surface area contributed by atoms with Crippen molar-refractivity contribution in [3.63, 3.8) is 0 Å². The van der Waals surface area contributed by atoms with Crippen molar-refractivity contribution in [2.24, 2.45) is 0 Å². The lowest BCUT2D eigenvalue weighted by atomic mass is 10.2. The molecule has 2 heterocycles. The van der Waals surface area contributed by atoms with Gasteiger partial charge in [0, 0.05) is 19.3 Å². The fourth-order valence-electron chi connectivity index (χ4n) is 1.86. The van der Waals surface area contributed by atoms with Crippen LogP contribution in [0.1, 0.15) is 25.5 Å². The van der Waals surface area contributed by atoms with Gasteiger partial charge in [0.2, 0.25) is 5.13 Å². The van der Waals surface area contributed by atoms with E-state index in [9.17, 15) is 4.79 Å². The highest BCUT2D eigenvalue weighted by Gasteiger charge is 2.12. The molecule has 0 unspecified atom stereocenters. The zero-order valence-corrected chi connectivity index (χ0v) is 12.3. The third kappa shape index (κ3) is 2.84. The van der Waals surface area contributed by atoms with Crippen molar-refractivity contribution in [3.8, 4) is 10.6 Å². The monoisotopic (exact) mass is 278 g/mol. The van der Waals surface area contributed by atoms with E-state index in [1.54, 1.807) is 7.05 Å². The molecule has 0 spiro atoms. The first-order valence-electron chi connectivity index (χ1n) is 6.39. The Morgan fingerprint density at radius 2 is 2.16 bits per heavy atom. The molecular weight excluding hydrogens is 260 g/mol. The summed E-state index contributed by atoms with van der Waals surface area (Å²) in [5, 5.41) is 12.4. The fraction of sp³-hybridized carbons (Fsp3) is 0.462. The van der Waals surface area contributed by atoms with Gasteiger partial charge in [-0.25, -0.2) is 0 Å². The molecule has 0 aromatic carbocycles. The molecular formula is C13H18N4OS. The average molecular weight is 278 g/mol. The molecule has 19 heavy (non-hydrogen) atoms. The van der Waals surface area contributed by atoms with Crippen molar-refractivity contribution < 1.29 is 0 Å². The predicted molar refractivity (Wildman–Crippen MR) is 78.8 cm³/mol. The van der Waals surface area contributed by atoms with Crippen LogP contribution in [0.15, 0.2) is 16.9 Å². The van der Waals surface area contributed by atoms with Gasteiger partial charge in [0.05, 0.1) is 5.56 Å². The van der Waals surface area contributed by atoms with Crippen LogP contribution in [-0.4, -0.2) is 21.8 Å². The summed E-state index contributed by atoms with van der Waals surface area (Å²) < 4.78 is 1.82. The molecule has 0 aliphatic rings. The highest BCUT2D eigenvalue weighted by molar-refractivity contribution is 7.18. The molecule has 5 nitrogen and oxygen atoms in total. The van der Waals surface area contributed by atoms with E-state index >= 15 is 0 Å². The van der Waals surface area contributed by atoms with Gasteiger partial charge < -0.3 is 9.88 Å². The third-order valence-corrected chi connectivity index (χ3v) is 3.97. The third-order valence-electron chi connectivity index (χ3n) is 3.00. The van der Waals surface area contributed by atoms with Crippen LogP contribution in [-0.2, 0) is 6.54 Å². The quantitative estimate of drug-likeness (QED) is 0.913. The lowest BCUT2D eigenvalue weighted by Crippen LogP contribution is -2.23. The Morgan fingerprint density at radius 1 is 1.37 bits per heavy atom. The highest BCUT2D eigenvalue weighted by atomic mass is 32.1. The number of hydrogen-bond acceptors (Lipinski definition) is 5. The van der Waals surface area contributed by atoms with Gasteiger partial charge in [-0.2, -0.15) is 0 Å². The molecule has 0 radical (unpaired) electrons. The summed E-state index contributed by atoms with van der Waals surface area (Å²) in [6, 6.07) is 3.80. The van der Waals surface area contributed by atoms with Crippen LogP contribution in [0.4, 0.5) is 5.13 Å². The molecule has 2 aromatic rings. The Morgan fingerprint density at radius 3 is 2.79 bits per heavy atom. The predicted octanol–water partition coefficient (Wildman–Crippen LogP) is 2.52. The smallest absolute Gasteiger partial charge is 0.261 e. The topological polar surface area (TPSA) is 59.8 Å². The number of unbranched alkanes of at least 4 members (excludes halogenated alkanes) is 1. The number of nitrogens with zero attached hydrogens (tertiary/aromatic N) is 3. The lowest BCUT2D eigenvalue weighted by Gasteiger charge is -2.10. The number of rotatable bonds is 5. The minimum atomic E-state index is 0.0206. The van der Waals surface area contributed by atoms with Gasteiger partial charge in [-0.15, -0.1) is 10.2 Å². The molecule has 102 valence electrons. The second-order valence-corrected chi connectivity index (χ2v) is 5.34. The zero-order chi connectivity index (χ0) is 13.8. The van der Waals surface area contributed by atoms with Crippen molar-refractivity contribution in [1.29, 1.82) is 0 Å². The Hall–Kier alpha value is -1.69. The second kappa shape index (κ2) is 5.97. The van der Waals surface area contributed by atoms with E-state index in [1.807, 2.05) is 23.6 Å². The molecule has 0 fully saturated rings. The number of aryl methyl sites for hydroxylation is 1. The molecule has 0 saturated carbocycles. The molecule has 0 saturated heterocycles. The number of aromatic nitrogens is 3. The summed E-state index contributed by atoms with van der Waals surface area (Å²) in [5.74, 6) is 0. The molecule has 2 aromatic heterocycles. The van der Waals surface area contributed by atoms with E-state index in [1.165, 1.54) is 11.3 Å². The van der Waals surface area contributed by atoms with Crippen molar-refractivity contribution in [3.05, 3.63) is 28.2 Å². The van der Waals surface area contributed by atoms with Crippen LogP contribution < -0.4 is 10.9 Å². The molecule has 6 heteroatoms. The minimum Gasteiger partial charge on any atom is -0.363 e. The first-order valence-corrected chi connectivity index (χ1v) is 7.21. The maximum Gasteiger partial charge on any atom is 0.261 e. The maximum atomic E-state index is 12.5. The van der Waals surface area contributed by atoms with E-state index in [0.717, 1.165) is 30.2 Å². The van der Waals surface area contributed by atoms with Crippen molar-refractivity contribution in [1.82, 2.24) is 14.8 Å². The van der Waals surface area contributed by atoms with Crippen LogP contribution in [0.25, 0.3) is 10.6 Å². The summed E-state index contributed by atoms with van der Waals surface area (Å²) >= 11 is 1.39. The summed E-state index contributed by atoms with van der Waals surface area (Å²) in [7, 11) is 1.79. The fourth-order valence-corrected chi connectivity index (χ4v) is 2.57. The van der Waals surface area contributed by atoms with Crippen LogP contribution in [0.2, 0.25) is 0 Å². The van der Waals surface area contributed by atoms with E-state index in [4.69, 9.17) is 0 Å². The standard InChI is InChI=1S/C13H18N4OS/c1-4-5-8-17-9(2)6-7-10(12(17)18)11-15-16-13(14-3)19-11/h6-7H,4-5,8H2,1-3H3,(H,14,16). The number of nitrogens with one attached hydrogen (secondary N) is 1. The van der Waals surface area contributed by atoms with Crippen LogP contribution in [0, 0.1) is 6.92 Å². The lowest BCUT2D eigenvalue weighted by molar-refractivity contribution is 0.600. The highest BCUT2D eigenvalue weighted by Crippen LogP contribution is 2.23. The minimum absolute atomic E-state index is 0.0206. The SMILES string of the molecule is CCCCn1c(C)ccc(-c2nnc(NC)s2)c1=O. The molecule has 2 rings (SSSR count). The van der Waals surface area contributed by atoms with Crippen LogP contribution in [0.3, 0.4) is 0 Å². The van der Waals surface area contributed by atoms with Gasteiger partial charge in [0.25, 0.3) is 5.56 Å². The molecule has 0 aliphatic heterocycles. The Kier molecular flexibility index (Phi) is 4.31. The zero-order valence-electron chi connectivity index (χ0n) is 11.4. The van der Waals surface area contributed by atoms with Gasteiger partial charge in [-0.1, -0.05) is 24.7 Å². The number of pyridine rings is 1. The largest absolute Gasteiger partial charge is 0.363 e. The normalized spacial score (nSPS) is 10.7. The molecule has 1 N–H and O–H groups in total. The van der Waals surface area contributed by atoms with Gasteiger partial charge in [0.1, 0.15) is 0 Å². The molecule has 0 atom stereocenters. The van der Waals surface area contributed by atoms with Gasteiger partial charge in [0.15, 0.2) is 5.01 Å². The van der Waals surface area contributed by atoms with E-state index < -0.39 is 0 Å². The first-order chi connectivity index (χ1) is 9.17. The molecule has 0 bridgehead atoms. The van der Waals surface area contributed by atoms with Gasteiger partial charge >= 0.3 is 0 Å². The Bertz CT molecular complexity index is 617. The van der Waals surface area contributed by atoms with Crippen LogP contribution in [0.5, 0.6) is 0 Å². The summed E-state index contributed by atoms with van der Waals surface area (Å²) in [6.45, 7) is 4.83. The van der Waals surface area contributed by atoms with Crippen molar-refractivity contribution >= 4 is 16.5 Å². The van der Waals surface area contributed by atoms with Gasteiger partial charge in [-0.3, -0.25) is 4.79 Å². The average Bonchev–Trinajstić information content (AvgIpc) is 2.87. The van der Waals surface area contributed by atoms with E-state index in [0.29, 0.717) is 10.6 Å². The molecule has 0 amide bonds. The Balaban J connectivity index is 2.44. The first kappa shape index (κ1) is 13.7. The number of anilines is 1. The van der Waals surface area contributed by atoms with Gasteiger partial charge in [-0.05, 0) is 25.5 Å². The summed E-state index contributed by atoms with van der Waals surface area (Å²) in [6.07, 6.45) is 2.07. The van der Waals surface area contributed by atoms with Crippen molar-refractivity contribution in [2.45, 2.75) is 33.2 Å². The number of hydrogen-bond donors (Lipinski definition) is 1. The summed E-state index contributed by atoms with van der Waals surface area (Å²) in [5.41, 5.74) is 1.63. The molecule has 0 aliphatic carbocycles. The summed E-state index contributed by atoms with van der Waals surface area (Å²) in [4.78, 5) is 12.5.